The molecule has 0 unspecified atom stereocenters. The van der Waals surface area contributed by atoms with Gasteiger partial charge >= 0.3 is 0 Å². The fourth-order valence-corrected chi connectivity index (χ4v) is 2.55. The van der Waals surface area contributed by atoms with Crippen LogP contribution in [-0.4, -0.2) is 18.2 Å². The predicted molar refractivity (Wildman–Crippen MR) is 84.8 cm³/mol. The zero-order valence-corrected chi connectivity index (χ0v) is 11.8. The number of hydrogen-bond donors (Lipinski definition) is 3. The van der Waals surface area contributed by atoms with Gasteiger partial charge in [-0.15, -0.1) is 11.8 Å². The summed E-state index contributed by atoms with van der Waals surface area (Å²) in [6.45, 7) is 0.590. The van der Waals surface area contributed by atoms with E-state index in [2.05, 4.69) is 5.32 Å². The highest BCUT2D eigenvalue weighted by Gasteiger charge is 2.06. The molecule has 0 aromatic heterocycles. The molecule has 0 bridgehead atoms. The molecule has 0 saturated carbocycles. The van der Waals surface area contributed by atoms with Crippen LogP contribution < -0.4 is 16.8 Å². The third-order valence-electron chi connectivity index (χ3n) is 2.64. The number of anilines is 2. The number of nitrogens with two attached hydrogens (primary N) is 2. The molecule has 2 aromatic carbocycles. The van der Waals surface area contributed by atoms with Gasteiger partial charge in [-0.05, 0) is 30.3 Å². The van der Waals surface area contributed by atoms with Gasteiger partial charge in [0.2, 0.25) is 0 Å². The molecule has 0 aliphatic carbocycles. The molecular weight excluding hydrogens is 270 g/mol. The highest BCUT2D eigenvalue weighted by molar-refractivity contribution is 7.99. The molecule has 1 amide bonds. The Bertz CT molecular complexity index is 567. The fourth-order valence-electron chi connectivity index (χ4n) is 1.76. The molecule has 0 fully saturated rings. The summed E-state index contributed by atoms with van der Waals surface area (Å²) in [4.78, 5) is 13.1. The van der Waals surface area contributed by atoms with Gasteiger partial charge in [0.25, 0.3) is 5.91 Å². The van der Waals surface area contributed by atoms with Crippen molar-refractivity contribution < 1.29 is 4.79 Å². The Hall–Kier alpha value is -2.14. The van der Waals surface area contributed by atoms with Gasteiger partial charge in [0.05, 0.1) is 0 Å². The molecule has 5 heteroatoms. The molecular formula is C15H17N3OS. The molecule has 5 N–H and O–H groups in total. The van der Waals surface area contributed by atoms with E-state index in [-0.39, 0.29) is 5.91 Å². The van der Waals surface area contributed by atoms with E-state index in [0.29, 0.717) is 23.5 Å². The molecule has 0 aliphatic heterocycles. The van der Waals surface area contributed by atoms with Crippen molar-refractivity contribution >= 4 is 29.0 Å². The van der Waals surface area contributed by atoms with Gasteiger partial charge < -0.3 is 16.8 Å². The highest BCUT2D eigenvalue weighted by atomic mass is 32.2. The van der Waals surface area contributed by atoms with Crippen molar-refractivity contribution in [2.45, 2.75) is 4.90 Å². The summed E-state index contributed by atoms with van der Waals surface area (Å²) in [5.74, 6) is 0.658. The quantitative estimate of drug-likeness (QED) is 0.448. The summed E-state index contributed by atoms with van der Waals surface area (Å²) in [5.41, 5.74) is 12.8. The van der Waals surface area contributed by atoms with Crippen molar-refractivity contribution in [1.29, 1.82) is 0 Å². The monoisotopic (exact) mass is 287 g/mol. The Morgan fingerprint density at radius 1 is 1.05 bits per heavy atom. The number of carbonyl (C=O) groups is 1. The Morgan fingerprint density at radius 2 is 1.70 bits per heavy atom. The minimum Gasteiger partial charge on any atom is -0.399 e. The van der Waals surface area contributed by atoms with Crippen molar-refractivity contribution in [3.63, 3.8) is 0 Å². The van der Waals surface area contributed by atoms with Crippen molar-refractivity contribution in [3.05, 3.63) is 54.1 Å². The zero-order valence-electron chi connectivity index (χ0n) is 11.0. The summed E-state index contributed by atoms with van der Waals surface area (Å²) in [5, 5.41) is 2.85. The second-order valence-corrected chi connectivity index (χ2v) is 5.47. The highest BCUT2D eigenvalue weighted by Crippen LogP contribution is 2.16. The lowest BCUT2D eigenvalue weighted by Gasteiger charge is -2.07. The Morgan fingerprint density at radius 3 is 2.35 bits per heavy atom. The number of rotatable bonds is 5. The third kappa shape index (κ3) is 4.20. The van der Waals surface area contributed by atoms with Crippen molar-refractivity contribution in [1.82, 2.24) is 5.32 Å². The van der Waals surface area contributed by atoms with E-state index < -0.39 is 0 Å². The van der Waals surface area contributed by atoms with Crippen molar-refractivity contribution in [3.8, 4) is 0 Å². The number of thioether (sulfide) groups is 1. The number of benzene rings is 2. The van der Waals surface area contributed by atoms with Crippen LogP contribution in [0.15, 0.2) is 53.4 Å². The van der Waals surface area contributed by atoms with E-state index in [4.69, 9.17) is 11.5 Å². The van der Waals surface area contributed by atoms with Gasteiger partial charge in [-0.2, -0.15) is 0 Å². The molecule has 4 nitrogen and oxygen atoms in total. The average Bonchev–Trinajstić information content (AvgIpc) is 2.43. The number of amides is 1. The van der Waals surface area contributed by atoms with E-state index in [1.54, 1.807) is 30.0 Å². The molecule has 0 spiro atoms. The summed E-state index contributed by atoms with van der Waals surface area (Å²) in [6.07, 6.45) is 0. The summed E-state index contributed by atoms with van der Waals surface area (Å²) in [7, 11) is 0. The molecule has 0 atom stereocenters. The van der Waals surface area contributed by atoms with Crippen LogP contribution in [0, 0.1) is 0 Å². The first kappa shape index (κ1) is 14.3. The molecule has 2 rings (SSSR count). The fraction of sp³-hybridized carbons (Fsp3) is 0.133. The van der Waals surface area contributed by atoms with Gasteiger partial charge in [0, 0.05) is 34.1 Å². The van der Waals surface area contributed by atoms with Crippen LogP contribution in [0.2, 0.25) is 0 Å². The van der Waals surface area contributed by atoms with Crippen LogP contribution in [-0.2, 0) is 0 Å². The van der Waals surface area contributed by atoms with Crippen molar-refractivity contribution in [2.75, 3.05) is 23.8 Å². The van der Waals surface area contributed by atoms with Crippen LogP contribution in [0.25, 0.3) is 0 Å². The standard InChI is InChI=1S/C15H17N3OS/c16-12-8-11(9-13(17)10-12)15(19)18-6-7-20-14-4-2-1-3-5-14/h1-5,8-10H,6-7,16-17H2,(H,18,19). The largest absolute Gasteiger partial charge is 0.399 e. The van der Waals surface area contributed by atoms with Gasteiger partial charge in [-0.1, -0.05) is 18.2 Å². The first-order valence-corrected chi connectivity index (χ1v) is 7.26. The summed E-state index contributed by atoms with van der Waals surface area (Å²) >= 11 is 1.70. The lowest BCUT2D eigenvalue weighted by Crippen LogP contribution is -2.25. The Labute approximate surface area is 122 Å². The number of nitrogen functional groups attached to an aromatic ring is 2. The first-order chi connectivity index (χ1) is 9.65. The van der Waals surface area contributed by atoms with E-state index in [0.717, 1.165) is 5.75 Å². The normalized spacial score (nSPS) is 10.2. The maximum Gasteiger partial charge on any atom is 0.251 e. The zero-order chi connectivity index (χ0) is 14.4. The lowest BCUT2D eigenvalue weighted by molar-refractivity contribution is 0.0956. The minimum atomic E-state index is -0.155. The van der Waals surface area contributed by atoms with Gasteiger partial charge in [0.1, 0.15) is 0 Å². The number of carbonyl (C=O) groups excluding carboxylic acids is 1. The van der Waals surface area contributed by atoms with E-state index >= 15 is 0 Å². The van der Waals surface area contributed by atoms with Crippen LogP contribution >= 0.6 is 11.8 Å². The Kier molecular flexibility index (Phi) is 4.90. The predicted octanol–water partition coefficient (Wildman–Crippen LogP) is 2.37. The van der Waals surface area contributed by atoms with Crippen LogP contribution in [0.5, 0.6) is 0 Å². The first-order valence-electron chi connectivity index (χ1n) is 6.27. The second-order valence-electron chi connectivity index (χ2n) is 4.31. The number of nitrogens with one attached hydrogen (secondary N) is 1. The minimum absolute atomic E-state index is 0.155. The Balaban J connectivity index is 1.80. The van der Waals surface area contributed by atoms with E-state index in [1.165, 1.54) is 4.90 Å². The van der Waals surface area contributed by atoms with Crippen LogP contribution in [0.3, 0.4) is 0 Å². The summed E-state index contributed by atoms with van der Waals surface area (Å²) in [6, 6.07) is 14.9. The van der Waals surface area contributed by atoms with Gasteiger partial charge in [0.15, 0.2) is 0 Å². The second kappa shape index (κ2) is 6.86. The topological polar surface area (TPSA) is 81.1 Å². The maximum atomic E-state index is 11.9. The summed E-state index contributed by atoms with van der Waals surface area (Å²) < 4.78 is 0. The average molecular weight is 287 g/mol. The van der Waals surface area contributed by atoms with E-state index in [1.807, 2.05) is 30.3 Å². The molecule has 2 aromatic rings. The molecule has 104 valence electrons. The lowest BCUT2D eigenvalue weighted by atomic mass is 10.1. The van der Waals surface area contributed by atoms with Gasteiger partial charge in [-0.3, -0.25) is 4.79 Å². The maximum absolute atomic E-state index is 11.9. The molecule has 20 heavy (non-hydrogen) atoms. The van der Waals surface area contributed by atoms with Crippen LogP contribution in [0.4, 0.5) is 11.4 Å². The SMILES string of the molecule is Nc1cc(N)cc(C(=O)NCCSc2ccccc2)c1. The molecule has 0 saturated heterocycles. The van der Waals surface area contributed by atoms with Crippen LogP contribution in [0.1, 0.15) is 10.4 Å². The third-order valence-corrected chi connectivity index (χ3v) is 3.65. The van der Waals surface area contributed by atoms with Gasteiger partial charge in [-0.25, -0.2) is 0 Å². The molecule has 0 heterocycles. The molecule has 0 radical (unpaired) electrons. The number of hydrogen-bond acceptors (Lipinski definition) is 4. The van der Waals surface area contributed by atoms with Crippen molar-refractivity contribution in [2.24, 2.45) is 0 Å². The smallest absolute Gasteiger partial charge is 0.251 e. The van der Waals surface area contributed by atoms with E-state index in [9.17, 15) is 4.79 Å². The molecule has 0 aliphatic rings.